The molecule has 0 atom stereocenters. The SMILES string of the molecule is CCNCCCCCN(C)CCOC(C)C. The predicted octanol–water partition coefficient (Wildman–Crippen LogP) is 2.12. The zero-order valence-corrected chi connectivity index (χ0v) is 11.6. The van der Waals surface area contributed by atoms with Gasteiger partial charge in [0.2, 0.25) is 0 Å². The maximum atomic E-state index is 5.52. The van der Waals surface area contributed by atoms with Gasteiger partial charge in [0.25, 0.3) is 0 Å². The van der Waals surface area contributed by atoms with Crippen LogP contribution >= 0.6 is 0 Å². The Labute approximate surface area is 102 Å². The first-order chi connectivity index (χ1) is 7.66. The minimum absolute atomic E-state index is 0.355. The van der Waals surface area contributed by atoms with Crippen LogP contribution in [0.15, 0.2) is 0 Å². The molecule has 0 heterocycles. The van der Waals surface area contributed by atoms with Crippen LogP contribution in [-0.4, -0.2) is 50.8 Å². The van der Waals surface area contributed by atoms with Gasteiger partial charge < -0.3 is 15.0 Å². The van der Waals surface area contributed by atoms with E-state index in [9.17, 15) is 0 Å². The smallest absolute Gasteiger partial charge is 0.0596 e. The monoisotopic (exact) mass is 230 g/mol. The fraction of sp³-hybridized carbons (Fsp3) is 1.00. The highest BCUT2D eigenvalue weighted by atomic mass is 16.5. The van der Waals surface area contributed by atoms with Crippen LogP contribution in [0.2, 0.25) is 0 Å². The van der Waals surface area contributed by atoms with E-state index < -0.39 is 0 Å². The molecule has 0 aliphatic carbocycles. The van der Waals surface area contributed by atoms with Crippen LogP contribution < -0.4 is 5.32 Å². The molecule has 16 heavy (non-hydrogen) atoms. The van der Waals surface area contributed by atoms with Crippen molar-refractivity contribution in [3.63, 3.8) is 0 Å². The largest absolute Gasteiger partial charge is 0.377 e. The summed E-state index contributed by atoms with van der Waals surface area (Å²) in [7, 11) is 2.17. The van der Waals surface area contributed by atoms with Crippen molar-refractivity contribution in [1.29, 1.82) is 0 Å². The summed E-state index contributed by atoms with van der Waals surface area (Å²) in [5.41, 5.74) is 0. The van der Waals surface area contributed by atoms with E-state index in [1.165, 1.54) is 25.8 Å². The lowest BCUT2D eigenvalue weighted by Crippen LogP contribution is -2.25. The number of nitrogens with one attached hydrogen (secondary N) is 1. The van der Waals surface area contributed by atoms with Gasteiger partial charge in [-0.2, -0.15) is 0 Å². The van der Waals surface area contributed by atoms with Gasteiger partial charge in [0.15, 0.2) is 0 Å². The number of rotatable bonds is 11. The van der Waals surface area contributed by atoms with Crippen molar-refractivity contribution in [2.24, 2.45) is 0 Å². The van der Waals surface area contributed by atoms with E-state index in [0.717, 1.165) is 26.2 Å². The summed E-state index contributed by atoms with van der Waals surface area (Å²) in [6.45, 7) is 11.7. The first-order valence-corrected chi connectivity index (χ1v) is 6.67. The van der Waals surface area contributed by atoms with Crippen LogP contribution in [0.3, 0.4) is 0 Å². The van der Waals surface area contributed by atoms with E-state index in [2.05, 4.69) is 38.0 Å². The van der Waals surface area contributed by atoms with Gasteiger partial charge in [0, 0.05) is 6.54 Å². The molecule has 0 aliphatic rings. The van der Waals surface area contributed by atoms with Crippen molar-refractivity contribution in [3.8, 4) is 0 Å². The Kier molecular flexibility index (Phi) is 11.3. The van der Waals surface area contributed by atoms with Gasteiger partial charge in [0.05, 0.1) is 12.7 Å². The topological polar surface area (TPSA) is 24.5 Å². The molecule has 0 unspecified atom stereocenters. The van der Waals surface area contributed by atoms with Crippen molar-refractivity contribution in [2.75, 3.05) is 39.8 Å². The number of unbranched alkanes of at least 4 members (excludes halogenated alkanes) is 2. The van der Waals surface area contributed by atoms with E-state index >= 15 is 0 Å². The van der Waals surface area contributed by atoms with Crippen molar-refractivity contribution in [3.05, 3.63) is 0 Å². The van der Waals surface area contributed by atoms with Crippen molar-refractivity contribution < 1.29 is 4.74 Å². The van der Waals surface area contributed by atoms with Gasteiger partial charge in [-0.15, -0.1) is 0 Å². The van der Waals surface area contributed by atoms with Crippen LogP contribution in [0.5, 0.6) is 0 Å². The molecule has 0 fully saturated rings. The molecule has 0 spiro atoms. The number of hydrogen-bond acceptors (Lipinski definition) is 3. The zero-order chi connectivity index (χ0) is 12.2. The lowest BCUT2D eigenvalue weighted by Gasteiger charge is -2.17. The molecule has 0 bridgehead atoms. The van der Waals surface area contributed by atoms with Crippen molar-refractivity contribution >= 4 is 0 Å². The highest BCUT2D eigenvalue weighted by Crippen LogP contribution is 1.97. The minimum Gasteiger partial charge on any atom is -0.377 e. The summed E-state index contributed by atoms with van der Waals surface area (Å²) in [6, 6.07) is 0. The van der Waals surface area contributed by atoms with Crippen molar-refractivity contribution in [1.82, 2.24) is 10.2 Å². The second kappa shape index (κ2) is 11.4. The molecule has 0 aliphatic heterocycles. The maximum Gasteiger partial charge on any atom is 0.0596 e. The Hall–Kier alpha value is -0.120. The van der Waals surface area contributed by atoms with E-state index in [-0.39, 0.29) is 0 Å². The number of hydrogen-bond donors (Lipinski definition) is 1. The zero-order valence-electron chi connectivity index (χ0n) is 11.6. The van der Waals surface area contributed by atoms with Crippen LogP contribution in [0.25, 0.3) is 0 Å². The lowest BCUT2D eigenvalue weighted by molar-refractivity contribution is 0.0636. The third-order valence-corrected chi connectivity index (χ3v) is 2.57. The molecule has 3 heteroatoms. The van der Waals surface area contributed by atoms with Gasteiger partial charge in [-0.05, 0) is 53.4 Å². The number of ether oxygens (including phenoxy) is 1. The Morgan fingerprint density at radius 2 is 1.88 bits per heavy atom. The third kappa shape index (κ3) is 12.0. The first-order valence-electron chi connectivity index (χ1n) is 6.67. The Bertz CT molecular complexity index is 140. The fourth-order valence-electron chi connectivity index (χ4n) is 1.54. The van der Waals surface area contributed by atoms with Gasteiger partial charge in [-0.25, -0.2) is 0 Å². The molecule has 1 N–H and O–H groups in total. The molecule has 3 nitrogen and oxygen atoms in total. The second-order valence-corrected chi connectivity index (χ2v) is 4.64. The highest BCUT2D eigenvalue weighted by molar-refractivity contribution is 4.53. The summed E-state index contributed by atoms with van der Waals surface area (Å²) in [4.78, 5) is 2.36. The molecule has 0 saturated heterocycles. The Morgan fingerprint density at radius 3 is 2.50 bits per heavy atom. The quantitative estimate of drug-likeness (QED) is 0.550. The fourth-order valence-corrected chi connectivity index (χ4v) is 1.54. The highest BCUT2D eigenvalue weighted by Gasteiger charge is 1.99. The molecular formula is C13H30N2O. The number of nitrogens with zero attached hydrogens (tertiary/aromatic N) is 1. The molecule has 0 radical (unpaired) electrons. The van der Waals surface area contributed by atoms with E-state index in [4.69, 9.17) is 4.74 Å². The molecule has 0 rings (SSSR count). The maximum absolute atomic E-state index is 5.52. The lowest BCUT2D eigenvalue weighted by atomic mass is 10.2. The summed E-state index contributed by atoms with van der Waals surface area (Å²) in [5.74, 6) is 0. The molecule has 0 aromatic carbocycles. The Morgan fingerprint density at radius 1 is 1.12 bits per heavy atom. The molecule has 98 valence electrons. The first kappa shape index (κ1) is 15.9. The van der Waals surface area contributed by atoms with Crippen molar-refractivity contribution in [2.45, 2.75) is 46.1 Å². The van der Waals surface area contributed by atoms with Crippen LogP contribution in [-0.2, 0) is 4.74 Å². The average molecular weight is 230 g/mol. The summed E-state index contributed by atoms with van der Waals surface area (Å²) in [6.07, 6.45) is 4.27. The van der Waals surface area contributed by atoms with Crippen LogP contribution in [0.1, 0.15) is 40.0 Å². The Balaban J connectivity index is 3.14. The van der Waals surface area contributed by atoms with Gasteiger partial charge in [0.1, 0.15) is 0 Å². The van der Waals surface area contributed by atoms with E-state index in [0.29, 0.717) is 6.10 Å². The number of likely N-dealkylation sites (N-methyl/N-ethyl adjacent to an activating group) is 1. The summed E-state index contributed by atoms with van der Waals surface area (Å²) >= 11 is 0. The minimum atomic E-state index is 0.355. The predicted molar refractivity (Wildman–Crippen MR) is 71.0 cm³/mol. The van der Waals surface area contributed by atoms with Gasteiger partial charge in [-0.3, -0.25) is 0 Å². The van der Waals surface area contributed by atoms with Crippen LogP contribution in [0, 0.1) is 0 Å². The van der Waals surface area contributed by atoms with E-state index in [1.54, 1.807) is 0 Å². The van der Waals surface area contributed by atoms with E-state index in [1.807, 2.05) is 0 Å². The third-order valence-electron chi connectivity index (χ3n) is 2.57. The standard InChI is InChI=1S/C13H30N2O/c1-5-14-9-7-6-8-10-15(4)11-12-16-13(2)3/h13-14H,5-12H2,1-4H3. The second-order valence-electron chi connectivity index (χ2n) is 4.64. The summed E-state index contributed by atoms with van der Waals surface area (Å²) in [5, 5.41) is 3.35. The average Bonchev–Trinajstić information content (AvgIpc) is 2.22. The molecule has 0 saturated carbocycles. The molecule has 0 aromatic rings. The van der Waals surface area contributed by atoms with Gasteiger partial charge >= 0.3 is 0 Å². The molecule has 0 amide bonds. The molecule has 0 aromatic heterocycles. The summed E-state index contributed by atoms with van der Waals surface area (Å²) < 4.78 is 5.52. The van der Waals surface area contributed by atoms with Crippen LogP contribution in [0.4, 0.5) is 0 Å². The van der Waals surface area contributed by atoms with Gasteiger partial charge in [-0.1, -0.05) is 13.3 Å². The normalized spacial score (nSPS) is 11.6. The molecular weight excluding hydrogens is 200 g/mol.